The zero-order valence-electron chi connectivity index (χ0n) is 18.3. The Morgan fingerprint density at radius 1 is 0.970 bits per heavy atom. The van der Waals surface area contributed by atoms with Crippen molar-refractivity contribution in [2.45, 2.75) is 24.8 Å². The largest absolute Gasteiger partial charge is 0.482 e. The number of benzene rings is 2. The van der Waals surface area contributed by atoms with Crippen LogP contribution in [0.4, 0.5) is 5.69 Å². The number of carbonyl (C=O) groups excluding carboxylic acids is 3. The Morgan fingerprint density at radius 2 is 1.55 bits per heavy atom. The summed E-state index contributed by atoms with van der Waals surface area (Å²) in [5, 5.41) is 2.49. The monoisotopic (exact) mass is 498 g/mol. The SMILES string of the molecule is COC(=O)c1cc(NC(=O)COc2ccc(S(=O)(=O)NC(C)C)cc2Cl)cc(C(=O)OC)c1. The maximum atomic E-state index is 12.3. The minimum Gasteiger partial charge on any atom is -0.482 e. The highest BCUT2D eigenvalue weighted by molar-refractivity contribution is 7.89. The van der Waals surface area contributed by atoms with E-state index in [9.17, 15) is 22.8 Å². The van der Waals surface area contributed by atoms with Crippen molar-refractivity contribution in [3.63, 3.8) is 0 Å². The van der Waals surface area contributed by atoms with Crippen molar-refractivity contribution in [2.24, 2.45) is 0 Å². The summed E-state index contributed by atoms with van der Waals surface area (Å²) < 4.78 is 41.6. The van der Waals surface area contributed by atoms with Gasteiger partial charge in [0.05, 0.1) is 35.3 Å². The van der Waals surface area contributed by atoms with Crippen molar-refractivity contribution in [2.75, 3.05) is 26.1 Å². The standard InChI is InChI=1S/C21H23ClN2O8S/c1-12(2)24-33(28,29)16-5-6-18(17(22)10-16)32-11-19(25)23-15-8-13(20(26)30-3)7-14(9-15)21(27)31-4/h5-10,12,24H,11H2,1-4H3,(H,23,25). The molecule has 12 heteroatoms. The topological polar surface area (TPSA) is 137 Å². The summed E-state index contributed by atoms with van der Waals surface area (Å²) in [5.74, 6) is -1.95. The van der Waals surface area contributed by atoms with Crippen LogP contribution in [0.2, 0.25) is 5.02 Å². The molecule has 0 saturated heterocycles. The number of hydrogen-bond donors (Lipinski definition) is 2. The van der Waals surface area contributed by atoms with Crippen LogP contribution in [0.5, 0.6) is 5.75 Å². The van der Waals surface area contributed by atoms with E-state index in [0.29, 0.717) is 0 Å². The molecule has 0 aliphatic rings. The van der Waals surface area contributed by atoms with Crippen molar-refractivity contribution in [1.82, 2.24) is 4.72 Å². The molecular weight excluding hydrogens is 476 g/mol. The number of hydrogen-bond acceptors (Lipinski definition) is 8. The normalized spacial score (nSPS) is 11.1. The molecule has 0 aliphatic heterocycles. The van der Waals surface area contributed by atoms with E-state index in [4.69, 9.17) is 16.3 Å². The Labute approximate surface area is 196 Å². The zero-order valence-corrected chi connectivity index (χ0v) is 19.9. The predicted molar refractivity (Wildman–Crippen MR) is 120 cm³/mol. The van der Waals surface area contributed by atoms with Gasteiger partial charge in [-0.2, -0.15) is 0 Å². The zero-order chi connectivity index (χ0) is 24.8. The molecule has 178 valence electrons. The molecule has 0 heterocycles. The lowest BCUT2D eigenvalue weighted by molar-refractivity contribution is -0.118. The minimum atomic E-state index is -3.74. The van der Waals surface area contributed by atoms with Crippen molar-refractivity contribution in [3.05, 3.63) is 52.5 Å². The molecule has 0 saturated carbocycles. The van der Waals surface area contributed by atoms with Gasteiger partial charge in [0.2, 0.25) is 10.0 Å². The fourth-order valence-corrected chi connectivity index (χ4v) is 4.23. The van der Waals surface area contributed by atoms with E-state index in [1.807, 2.05) is 0 Å². The van der Waals surface area contributed by atoms with Crippen molar-refractivity contribution < 1.29 is 37.0 Å². The van der Waals surface area contributed by atoms with Gasteiger partial charge in [0.15, 0.2) is 6.61 Å². The summed E-state index contributed by atoms with van der Waals surface area (Å²) in [5.41, 5.74) is 0.206. The van der Waals surface area contributed by atoms with Crippen molar-refractivity contribution in [3.8, 4) is 5.75 Å². The van der Waals surface area contributed by atoms with Gasteiger partial charge in [-0.25, -0.2) is 22.7 Å². The Balaban J connectivity index is 2.13. The number of nitrogens with one attached hydrogen (secondary N) is 2. The highest BCUT2D eigenvalue weighted by Gasteiger charge is 2.18. The molecule has 0 atom stereocenters. The second-order valence-corrected chi connectivity index (χ2v) is 9.11. The highest BCUT2D eigenvalue weighted by atomic mass is 35.5. The van der Waals surface area contributed by atoms with Crippen LogP contribution in [0.15, 0.2) is 41.3 Å². The van der Waals surface area contributed by atoms with Crippen LogP contribution in [0.1, 0.15) is 34.6 Å². The van der Waals surface area contributed by atoms with Crippen LogP contribution < -0.4 is 14.8 Å². The van der Waals surface area contributed by atoms with E-state index in [1.165, 1.54) is 50.6 Å². The summed E-state index contributed by atoms with van der Waals surface area (Å²) in [6.07, 6.45) is 0. The first-order chi connectivity index (χ1) is 15.5. The average Bonchev–Trinajstić information content (AvgIpc) is 2.75. The van der Waals surface area contributed by atoms with Crippen LogP contribution in [0.25, 0.3) is 0 Å². The minimum absolute atomic E-state index is 0.00454. The molecule has 2 aromatic carbocycles. The van der Waals surface area contributed by atoms with E-state index in [-0.39, 0.29) is 38.5 Å². The van der Waals surface area contributed by atoms with Crippen LogP contribution in [-0.2, 0) is 24.3 Å². The molecule has 0 unspecified atom stereocenters. The number of anilines is 1. The molecule has 2 aromatic rings. The molecule has 0 spiro atoms. The summed E-state index contributed by atoms with van der Waals surface area (Å²) >= 11 is 6.11. The van der Waals surface area contributed by atoms with Gasteiger partial charge in [0, 0.05) is 11.7 Å². The third kappa shape index (κ3) is 7.17. The van der Waals surface area contributed by atoms with E-state index >= 15 is 0 Å². The lowest BCUT2D eigenvalue weighted by Gasteiger charge is -2.13. The second-order valence-electron chi connectivity index (χ2n) is 6.99. The van der Waals surface area contributed by atoms with E-state index in [2.05, 4.69) is 19.5 Å². The smallest absolute Gasteiger partial charge is 0.337 e. The fourth-order valence-electron chi connectivity index (χ4n) is 2.66. The van der Waals surface area contributed by atoms with Crippen LogP contribution in [0.3, 0.4) is 0 Å². The fraction of sp³-hybridized carbons (Fsp3) is 0.286. The lowest BCUT2D eigenvalue weighted by Crippen LogP contribution is -2.30. The number of ether oxygens (including phenoxy) is 3. The first-order valence-corrected chi connectivity index (χ1v) is 11.4. The Kier molecular flexibility index (Phi) is 8.80. The Morgan fingerprint density at radius 3 is 2.03 bits per heavy atom. The molecule has 0 aliphatic carbocycles. The van der Waals surface area contributed by atoms with E-state index in [1.54, 1.807) is 13.8 Å². The molecule has 0 fully saturated rings. The third-order valence-corrected chi connectivity index (χ3v) is 5.97. The molecule has 0 radical (unpaired) electrons. The third-order valence-electron chi connectivity index (χ3n) is 4.02. The van der Waals surface area contributed by atoms with Crippen LogP contribution >= 0.6 is 11.6 Å². The van der Waals surface area contributed by atoms with Crippen molar-refractivity contribution in [1.29, 1.82) is 0 Å². The lowest BCUT2D eigenvalue weighted by atomic mass is 10.1. The average molecular weight is 499 g/mol. The van der Waals surface area contributed by atoms with Gasteiger partial charge in [-0.05, 0) is 50.2 Å². The maximum Gasteiger partial charge on any atom is 0.337 e. The summed E-state index contributed by atoms with van der Waals surface area (Å²) in [4.78, 5) is 36.0. The van der Waals surface area contributed by atoms with Gasteiger partial charge in [-0.15, -0.1) is 0 Å². The van der Waals surface area contributed by atoms with Crippen LogP contribution in [0, 0.1) is 0 Å². The Bertz CT molecular complexity index is 1130. The number of amides is 1. The first kappa shape index (κ1) is 26.1. The van der Waals surface area contributed by atoms with Gasteiger partial charge < -0.3 is 19.5 Å². The molecular formula is C21H23ClN2O8S. The summed E-state index contributed by atoms with van der Waals surface area (Å²) in [6.45, 7) is 2.89. The number of rotatable bonds is 9. The van der Waals surface area contributed by atoms with Gasteiger partial charge in [0.1, 0.15) is 5.75 Å². The van der Waals surface area contributed by atoms with Gasteiger partial charge in [0.25, 0.3) is 5.91 Å². The molecule has 0 aromatic heterocycles. The summed E-state index contributed by atoms with van der Waals surface area (Å²) in [6, 6.07) is 7.46. The van der Waals surface area contributed by atoms with Crippen molar-refractivity contribution >= 4 is 45.2 Å². The number of sulfonamides is 1. The number of methoxy groups -OCH3 is 2. The van der Waals surface area contributed by atoms with Crippen LogP contribution in [-0.4, -0.2) is 53.1 Å². The number of esters is 2. The molecule has 0 bridgehead atoms. The number of carbonyl (C=O) groups is 3. The molecule has 1 amide bonds. The van der Waals surface area contributed by atoms with E-state index in [0.717, 1.165) is 0 Å². The maximum absolute atomic E-state index is 12.3. The van der Waals surface area contributed by atoms with Gasteiger partial charge in [-0.3, -0.25) is 4.79 Å². The number of halogens is 1. The highest BCUT2D eigenvalue weighted by Crippen LogP contribution is 2.27. The molecule has 10 nitrogen and oxygen atoms in total. The molecule has 2 rings (SSSR count). The first-order valence-electron chi connectivity index (χ1n) is 9.53. The van der Waals surface area contributed by atoms with Gasteiger partial charge >= 0.3 is 11.9 Å². The molecule has 2 N–H and O–H groups in total. The predicted octanol–water partition coefficient (Wildman–Crippen LogP) is 2.62. The Hall–Kier alpha value is -3.15. The summed E-state index contributed by atoms with van der Waals surface area (Å²) in [7, 11) is -1.38. The quantitative estimate of drug-likeness (QED) is 0.503. The molecule has 33 heavy (non-hydrogen) atoms. The second kappa shape index (κ2) is 11.1. The van der Waals surface area contributed by atoms with Gasteiger partial charge in [-0.1, -0.05) is 11.6 Å². The van der Waals surface area contributed by atoms with E-state index < -0.39 is 34.5 Å².